The lowest BCUT2D eigenvalue weighted by Crippen LogP contribution is -2.31. The fraction of sp³-hybridized carbons (Fsp3) is 0.263. The summed E-state index contributed by atoms with van der Waals surface area (Å²) in [5.74, 6) is -0.289. The van der Waals surface area contributed by atoms with Gasteiger partial charge in [0.1, 0.15) is 19.0 Å². The summed E-state index contributed by atoms with van der Waals surface area (Å²) in [7, 11) is 1.61. The number of carbonyl (C=O) groups is 2. The fourth-order valence-electron chi connectivity index (χ4n) is 2.65. The van der Waals surface area contributed by atoms with Crippen LogP contribution in [0.15, 0.2) is 48.5 Å². The molecular weight excluding hydrogens is 322 g/mol. The SMILES string of the molecule is COc1ccc(N2CCOC(=O)c3ccccc3C(=O)OCC2)cc1. The molecule has 0 aromatic heterocycles. The Morgan fingerprint density at radius 3 is 1.84 bits per heavy atom. The van der Waals surface area contributed by atoms with E-state index >= 15 is 0 Å². The van der Waals surface area contributed by atoms with Crippen LogP contribution in [0.25, 0.3) is 0 Å². The van der Waals surface area contributed by atoms with Gasteiger partial charge in [-0.15, -0.1) is 0 Å². The van der Waals surface area contributed by atoms with Crippen LogP contribution < -0.4 is 9.64 Å². The van der Waals surface area contributed by atoms with E-state index in [-0.39, 0.29) is 24.3 Å². The molecule has 0 saturated carbocycles. The first kappa shape index (κ1) is 16.8. The summed E-state index contributed by atoms with van der Waals surface area (Å²) < 4.78 is 15.8. The van der Waals surface area contributed by atoms with Gasteiger partial charge in [-0.2, -0.15) is 0 Å². The number of anilines is 1. The molecule has 0 N–H and O–H groups in total. The van der Waals surface area contributed by atoms with E-state index in [9.17, 15) is 9.59 Å². The monoisotopic (exact) mass is 341 g/mol. The number of ether oxygens (including phenoxy) is 3. The van der Waals surface area contributed by atoms with Crippen LogP contribution in [0, 0.1) is 0 Å². The smallest absolute Gasteiger partial charge is 0.339 e. The molecule has 2 aromatic rings. The molecule has 2 aromatic carbocycles. The van der Waals surface area contributed by atoms with E-state index in [1.54, 1.807) is 31.4 Å². The van der Waals surface area contributed by atoms with E-state index in [0.29, 0.717) is 13.1 Å². The second-order valence-electron chi connectivity index (χ2n) is 5.50. The number of benzene rings is 2. The fourth-order valence-corrected chi connectivity index (χ4v) is 2.65. The molecule has 0 aliphatic carbocycles. The van der Waals surface area contributed by atoms with Crippen molar-refractivity contribution in [1.29, 1.82) is 0 Å². The molecule has 1 heterocycles. The minimum Gasteiger partial charge on any atom is -0.497 e. The van der Waals surface area contributed by atoms with E-state index in [1.165, 1.54) is 0 Å². The number of hydrogen-bond donors (Lipinski definition) is 0. The van der Waals surface area contributed by atoms with Gasteiger partial charge < -0.3 is 19.1 Å². The van der Waals surface area contributed by atoms with Gasteiger partial charge in [0.2, 0.25) is 0 Å². The Bertz CT molecular complexity index is 716. The second-order valence-corrected chi connectivity index (χ2v) is 5.50. The number of nitrogens with zero attached hydrogens (tertiary/aromatic N) is 1. The molecule has 25 heavy (non-hydrogen) atoms. The van der Waals surface area contributed by atoms with Crippen molar-refractivity contribution in [3.8, 4) is 5.75 Å². The molecule has 1 aliphatic heterocycles. The number of cyclic esters (lactones) is 2. The summed E-state index contributed by atoms with van der Waals surface area (Å²) in [6.07, 6.45) is 0. The van der Waals surface area contributed by atoms with Crippen molar-refractivity contribution >= 4 is 17.6 Å². The van der Waals surface area contributed by atoms with Gasteiger partial charge in [0.15, 0.2) is 0 Å². The Morgan fingerprint density at radius 1 is 0.840 bits per heavy atom. The summed E-state index contributed by atoms with van der Waals surface area (Å²) >= 11 is 0. The first-order valence-electron chi connectivity index (χ1n) is 8.01. The van der Waals surface area contributed by atoms with Gasteiger partial charge in [-0.25, -0.2) is 9.59 Å². The highest BCUT2D eigenvalue weighted by Gasteiger charge is 2.20. The van der Waals surface area contributed by atoms with E-state index in [4.69, 9.17) is 14.2 Å². The highest BCUT2D eigenvalue weighted by atomic mass is 16.5. The van der Waals surface area contributed by atoms with Gasteiger partial charge in [-0.05, 0) is 36.4 Å². The number of methoxy groups -OCH3 is 1. The summed E-state index contributed by atoms with van der Waals surface area (Å²) in [6.45, 7) is 1.43. The topological polar surface area (TPSA) is 65.1 Å². The molecule has 6 heteroatoms. The van der Waals surface area contributed by atoms with Crippen LogP contribution in [0.4, 0.5) is 5.69 Å². The number of hydrogen-bond acceptors (Lipinski definition) is 6. The Morgan fingerprint density at radius 2 is 1.36 bits per heavy atom. The molecule has 0 saturated heterocycles. The van der Waals surface area contributed by atoms with Gasteiger partial charge in [-0.1, -0.05) is 12.1 Å². The van der Waals surface area contributed by atoms with Crippen LogP contribution >= 0.6 is 0 Å². The molecule has 1 aliphatic rings. The molecule has 0 amide bonds. The molecule has 0 atom stereocenters. The van der Waals surface area contributed by atoms with Crippen molar-refractivity contribution < 1.29 is 23.8 Å². The van der Waals surface area contributed by atoms with E-state index in [2.05, 4.69) is 0 Å². The van der Waals surface area contributed by atoms with Crippen molar-refractivity contribution in [3.63, 3.8) is 0 Å². The predicted octanol–water partition coefficient (Wildman–Crippen LogP) is 2.53. The summed E-state index contributed by atoms with van der Waals surface area (Å²) in [6, 6.07) is 14.1. The highest BCUT2D eigenvalue weighted by molar-refractivity contribution is 6.03. The third-order valence-corrected chi connectivity index (χ3v) is 3.99. The van der Waals surface area contributed by atoms with E-state index in [0.717, 1.165) is 11.4 Å². The van der Waals surface area contributed by atoms with Crippen molar-refractivity contribution in [1.82, 2.24) is 0 Å². The number of rotatable bonds is 2. The first-order valence-corrected chi connectivity index (χ1v) is 8.01. The lowest BCUT2D eigenvalue weighted by Gasteiger charge is -2.24. The third kappa shape index (κ3) is 3.91. The molecule has 0 fully saturated rings. The average molecular weight is 341 g/mol. The number of carbonyl (C=O) groups excluding carboxylic acids is 2. The van der Waals surface area contributed by atoms with E-state index in [1.807, 2.05) is 29.2 Å². The van der Waals surface area contributed by atoms with Crippen LogP contribution in [0.1, 0.15) is 20.7 Å². The van der Waals surface area contributed by atoms with Gasteiger partial charge in [0.25, 0.3) is 0 Å². The molecule has 130 valence electrons. The van der Waals surface area contributed by atoms with Crippen LogP contribution in [0.2, 0.25) is 0 Å². The van der Waals surface area contributed by atoms with Crippen LogP contribution in [0.5, 0.6) is 5.75 Å². The van der Waals surface area contributed by atoms with Gasteiger partial charge in [0, 0.05) is 5.69 Å². The minimum atomic E-state index is -0.524. The highest BCUT2D eigenvalue weighted by Crippen LogP contribution is 2.20. The zero-order valence-corrected chi connectivity index (χ0v) is 13.9. The van der Waals surface area contributed by atoms with Gasteiger partial charge in [-0.3, -0.25) is 0 Å². The summed E-state index contributed by atoms with van der Waals surface area (Å²) in [4.78, 5) is 26.5. The van der Waals surface area contributed by atoms with Gasteiger partial charge >= 0.3 is 11.9 Å². The Kier molecular flexibility index (Phi) is 5.18. The standard InChI is InChI=1S/C19H19NO5/c1-23-15-8-6-14(7-9-15)20-10-12-24-18(21)16-4-2-3-5-17(16)19(22)25-13-11-20/h2-9H,10-13H2,1H3. The van der Waals surface area contributed by atoms with Crippen molar-refractivity contribution in [2.45, 2.75) is 0 Å². The van der Waals surface area contributed by atoms with Crippen molar-refractivity contribution in [2.75, 3.05) is 38.3 Å². The van der Waals surface area contributed by atoms with Crippen LogP contribution in [-0.2, 0) is 9.47 Å². The zero-order valence-electron chi connectivity index (χ0n) is 13.9. The second kappa shape index (κ2) is 7.70. The molecule has 3 rings (SSSR count). The molecule has 0 bridgehead atoms. The lowest BCUT2D eigenvalue weighted by atomic mass is 10.1. The summed E-state index contributed by atoms with van der Waals surface area (Å²) in [5, 5.41) is 0. The maximum atomic E-state index is 12.2. The zero-order chi connectivity index (χ0) is 17.6. The minimum absolute atomic E-state index is 0.216. The quantitative estimate of drug-likeness (QED) is 0.782. The number of fused-ring (bicyclic) bond motifs is 1. The molecule has 0 radical (unpaired) electrons. The van der Waals surface area contributed by atoms with Crippen LogP contribution in [-0.4, -0.2) is 45.4 Å². The van der Waals surface area contributed by atoms with Crippen molar-refractivity contribution in [2.24, 2.45) is 0 Å². The molecule has 6 nitrogen and oxygen atoms in total. The predicted molar refractivity (Wildman–Crippen MR) is 92.2 cm³/mol. The number of esters is 2. The normalized spacial score (nSPS) is 15.5. The molecule has 0 unspecified atom stereocenters. The van der Waals surface area contributed by atoms with Gasteiger partial charge in [0.05, 0.1) is 31.3 Å². The Balaban J connectivity index is 1.79. The average Bonchev–Trinajstić information content (AvgIpc) is 2.68. The van der Waals surface area contributed by atoms with Crippen LogP contribution in [0.3, 0.4) is 0 Å². The van der Waals surface area contributed by atoms with E-state index < -0.39 is 11.9 Å². The van der Waals surface area contributed by atoms with Crippen molar-refractivity contribution in [3.05, 3.63) is 59.7 Å². The lowest BCUT2D eigenvalue weighted by molar-refractivity contribution is 0.0488. The maximum Gasteiger partial charge on any atom is 0.339 e. The Hall–Kier alpha value is -3.02. The largest absolute Gasteiger partial charge is 0.497 e. The molecular formula is C19H19NO5. The third-order valence-electron chi connectivity index (χ3n) is 3.99. The maximum absolute atomic E-state index is 12.2. The summed E-state index contributed by atoms with van der Waals surface area (Å²) in [5.41, 5.74) is 1.39. The molecule has 0 spiro atoms. The first-order chi connectivity index (χ1) is 12.2. The Labute approximate surface area is 145 Å².